The highest BCUT2D eigenvalue weighted by Crippen LogP contribution is 2.18. The summed E-state index contributed by atoms with van der Waals surface area (Å²) < 4.78 is 2.65. The molecule has 0 aliphatic heterocycles. The number of nitrogens with one attached hydrogen (secondary N) is 1. The lowest BCUT2D eigenvalue weighted by molar-refractivity contribution is 0.102. The molecule has 0 unspecified atom stereocenters. The molecular formula is C15H13BrN4O. The van der Waals surface area contributed by atoms with E-state index >= 15 is 0 Å². The fourth-order valence-electron chi connectivity index (χ4n) is 2.19. The number of nitrogens with zero attached hydrogens (tertiary/aromatic N) is 3. The van der Waals surface area contributed by atoms with Gasteiger partial charge in [-0.1, -0.05) is 0 Å². The number of carbonyl (C=O) groups is 1. The van der Waals surface area contributed by atoms with Gasteiger partial charge in [0.1, 0.15) is 17.2 Å². The van der Waals surface area contributed by atoms with Crippen LogP contribution in [-0.2, 0) is 0 Å². The van der Waals surface area contributed by atoms with E-state index in [1.807, 2.05) is 44.3 Å². The minimum Gasteiger partial charge on any atom is -0.305 e. The second-order valence-corrected chi connectivity index (χ2v) is 5.71. The van der Waals surface area contributed by atoms with Gasteiger partial charge in [0.05, 0.1) is 5.69 Å². The van der Waals surface area contributed by atoms with Crippen LogP contribution < -0.4 is 5.32 Å². The van der Waals surface area contributed by atoms with E-state index in [-0.39, 0.29) is 5.91 Å². The average Bonchev–Trinajstić information content (AvgIpc) is 2.74. The SMILES string of the molecule is Cc1ccnc(NC(=O)c2c(C)nc3ccc(Br)cn23)c1. The van der Waals surface area contributed by atoms with Crippen LogP contribution in [-0.4, -0.2) is 20.3 Å². The van der Waals surface area contributed by atoms with E-state index in [1.54, 1.807) is 10.6 Å². The summed E-state index contributed by atoms with van der Waals surface area (Å²) in [6.07, 6.45) is 3.50. The highest BCUT2D eigenvalue weighted by molar-refractivity contribution is 9.10. The molecule has 0 saturated heterocycles. The van der Waals surface area contributed by atoms with Crippen LogP contribution in [0.25, 0.3) is 5.65 Å². The maximum atomic E-state index is 12.5. The molecule has 0 radical (unpaired) electrons. The number of fused-ring (bicyclic) bond motifs is 1. The van der Waals surface area contributed by atoms with E-state index in [0.717, 1.165) is 15.7 Å². The van der Waals surface area contributed by atoms with Gasteiger partial charge in [-0.2, -0.15) is 0 Å². The molecule has 0 spiro atoms. The van der Waals surface area contributed by atoms with Crippen molar-refractivity contribution in [3.05, 3.63) is 58.1 Å². The number of amides is 1. The zero-order valence-corrected chi connectivity index (χ0v) is 13.2. The van der Waals surface area contributed by atoms with Crippen LogP contribution in [0.4, 0.5) is 5.82 Å². The van der Waals surface area contributed by atoms with Gasteiger partial charge in [-0.3, -0.25) is 9.20 Å². The maximum Gasteiger partial charge on any atom is 0.275 e. The van der Waals surface area contributed by atoms with Crippen LogP contribution in [0.15, 0.2) is 41.1 Å². The van der Waals surface area contributed by atoms with Gasteiger partial charge >= 0.3 is 0 Å². The molecule has 0 saturated carbocycles. The van der Waals surface area contributed by atoms with Crippen LogP contribution >= 0.6 is 15.9 Å². The Balaban J connectivity index is 2.01. The summed E-state index contributed by atoms with van der Waals surface area (Å²) in [7, 11) is 0. The summed E-state index contributed by atoms with van der Waals surface area (Å²) in [6.45, 7) is 3.77. The van der Waals surface area contributed by atoms with Gasteiger partial charge < -0.3 is 5.32 Å². The van der Waals surface area contributed by atoms with Gasteiger partial charge in [0.25, 0.3) is 5.91 Å². The van der Waals surface area contributed by atoms with Crippen LogP contribution in [0.3, 0.4) is 0 Å². The van der Waals surface area contributed by atoms with E-state index in [2.05, 4.69) is 31.2 Å². The zero-order valence-electron chi connectivity index (χ0n) is 11.6. The minimum absolute atomic E-state index is 0.226. The number of anilines is 1. The van der Waals surface area contributed by atoms with Gasteiger partial charge in [-0.25, -0.2) is 9.97 Å². The molecule has 0 aromatic carbocycles. The summed E-state index contributed by atoms with van der Waals surface area (Å²) >= 11 is 3.41. The maximum absolute atomic E-state index is 12.5. The highest BCUT2D eigenvalue weighted by Gasteiger charge is 2.17. The van der Waals surface area contributed by atoms with Crippen molar-refractivity contribution in [1.29, 1.82) is 0 Å². The Morgan fingerprint density at radius 2 is 2.10 bits per heavy atom. The number of hydrogen-bond acceptors (Lipinski definition) is 3. The number of hydrogen-bond donors (Lipinski definition) is 1. The molecule has 5 nitrogen and oxygen atoms in total. The first-order valence-corrected chi connectivity index (χ1v) is 7.22. The molecule has 0 atom stereocenters. The number of imidazole rings is 1. The van der Waals surface area contributed by atoms with Crippen molar-refractivity contribution < 1.29 is 4.79 Å². The van der Waals surface area contributed by atoms with Crippen molar-refractivity contribution in [3.63, 3.8) is 0 Å². The summed E-state index contributed by atoms with van der Waals surface area (Å²) in [6, 6.07) is 7.46. The summed E-state index contributed by atoms with van der Waals surface area (Å²) in [4.78, 5) is 21.0. The average molecular weight is 345 g/mol. The summed E-state index contributed by atoms with van der Waals surface area (Å²) in [5.74, 6) is 0.306. The minimum atomic E-state index is -0.226. The largest absolute Gasteiger partial charge is 0.305 e. The Morgan fingerprint density at radius 3 is 2.86 bits per heavy atom. The Hall–Kier alpha value is -2.21. The number of pyridine rings is 2. The molecule has 0 aliphatic rings. The van der Waals surface area contributed by atoms with E-state index in [1.165, 1.54) is 0 Å². The Morgan fingerprint density at radius 1 is 1.29 bits per heavy atom. The molecule has 3 aromatic heterocycles. The predicted molar refractivity (Wildman–Crippen MR) is 84.6 cm³/mol. The standard InChI is InChI=1S/C15H13BrN4O/c1-9-5-6-17-12(7-9)19-15(21)14-10(2)18-13-4-3-11(16)8-20(13)14/h3-8H,1-2H3,(H,17,19,21). The molecule has 3 aromatic rings. The Labute approximate surface area is 130 Å². The monoisotopic (exact) mass is 344 g/mol. The lowest BCUT2D eigenvalue weighted by atomic mass is 10.3. The zero-order chi connectivity index (χ0) is 15.0. The van der Waals surface area contributed by atoms with Crippen molar-refractivity contribution in [2.45, 2.75) is 13.8 Å². The number of aromatic nitrogens is 3. The molecule has 106 valence electrons. The quantitative estimate of drug-likeness (QED) is 0.775. The third-order valence-corrected chi connectivity index (χ3v) is 3.60. The summed E-state index contributed by atoms with van der Waals surface area (Å²) in [5, 5.41) is 2.81. The molecule has 6 heteroatoms. The molecule has 0 bridgehead atoms. The molecule has 0 fully saturated rings. The van der Waals surface area contributed by atoms with E-state index < -0.39 is 0 Å². The van der Waals surface area contributed by atoms with Crippen LogP contribution in [0.1, 0.15) is 21.7 Å². The van der Waals surface area contributed by atoms with Crippen molar-refractivity contribution in [2.75, 3.05) is 5.32 Å². The first-order valence-electron chi connectivity index (χ1n) is 6.43. The normalized spacial score (nSPS) is 10.8. The molecule has 3 heterocycles. The van der Waals surface area contributed by atoms with Crippen molar-refractivity contribution in [1.82, 2.24) is 14.4 Å². The van der Waals surface area contributed by atoms with Crippen LogP contribution in [0.2, 0.25) is 0 Å². The lowest BCUT2D eigenvalue weighted by Gasteiger charge is -2.06. The first kappa shape index (κ1) is 13.8. The molecule has 1 amide bonds. The van der Waals surface area contributed by atoms with Gasteiger partial charge in [-0.15, -0.1) is 0 Å². The fraction of sp³-hybridized carbons (Fsp3) is 0.133. The number of halogens is 1. The topological polar surface area (TPSA) is 59.3 Å². The van der Waals surface area contributed by atoms with Gasteiger partial charge in [0.2, 0.25) is 0 Å². The molecule has 0 aliphatic carbocycles. The van der Waals surface area contributed by atoms with Crippen LogP contribution in [0, 0.1) is 13.8 Å². The third-order valence-electron chi connectivity index (χ3n) is 3.13. The fourth-order valence-corrected chi connectivity index (χ4v) is 2.53. The van der Waals surface area contributed by atoms with E-state index in [4.69, 9.17) is 0 Å². The molecule has 21 heavy (non-hydrogen) atoms. The number of rotatable bonds is 2. The van der Waals surface area contributed by atoms with E-state index in [0.29, 0.717) is 17.2 Å². The summed E-state index contributed by atoms with van der Waals surface area (Å²) in [5.41, 5.74) is 2.96. The third kappa shape index (κ3) is 2.67. The Bertz CT molecular complexity index is 841. The van der Waals surface area contributed by atoms with Gasteiger partial charge in [0.15, 0.2) is 0 Å². The van der Waals surface area contributed by atoms with Crippen molar-refractivity contribution in [2.24, 2.45) is 0 Å². The number of aryl methyl sites for hydroxylation is 2. The van der Waals surface area contributed by atoms with E-state index in [9.17, 15) is 4.79 Å². The van der Waals surface area contributed by atoms with Crippen LogP contribution in [0.5, 0.6) is 0 Å². The van der Waals surface area contributed by atoms with Gasteiger partial charge in [-0.05, 0) is 59.6 Å². The highest BCUT2D eigenvalue weighted by atomic mass is 79.9. The van der Waals surface area contributed by atoms with Crippen molar-refractivity contribution >= 4 is 33.3 Å². The predicted octanol–water partition coefficient (Wildman–Crippen LogP) is 3.36. The first-order chi connectivity index (χ1) is 10.0. The van der Waals surface area contributed by atoms with Crippen molar-refractivity contribution in [3.8, 4) is 0 Å². The molecule has 1 N–H and O–H groups in total. The lowest BCUT2D eigenvalue weighted by Crippen LogP contribution is -2.16. The molecule has 3 rings (SSSR count). The second-order valence-electron chi connectivity index (χ2n) is 4.79. The van der Waals surface area contributed by atoms with Gasteiger partial charge in [0, 0.05) is 16.9 Å². The Kier molecular flexibility index (Phi) is 3.47. The smallest absolute Gasteiger partial charge is 0.275 e. The number of carbonyl (C=O) groups excluding carboxylic acids is 1. The second kappa shape index (κ2) is 5.29. The molecular weight excluding hydrogens is 332 g/mol.